The van der Waals surface area contributed by atoms with Crippen LogP contribution in [0.3, 0.4) is 0 Å². The zero-order chi connectivity index (χ0) is 44.7. The fraction of sp³-hybridized carbons (Fsp3) is 0.750. The molecule has 6 spiro atoms. The van der Waals surface area contributed by atoms with Gasteiger partial charge in [-0.3, -0.25) is 19.2 Å². The highest BCUT2D eigenvalue weighted by atomic mass is 16.8. The molecule has 0 aromatic carbocycles. The summed E-state index contributed by atoms with van der Waals surface area (Å²) < 4.78 is 43.9. The minimum Gasteiger partial charge on any atom is -0.515 e. The van der Waals surface area contributed by atoms with E-state index in [0.29, 0.717) is 48.8 Å². The van der Waals surface area contributed by atoms with E-state index in [1.807, 2.05) is 33.8 Å². The first-order valence-electron chi connectivity index (χ1n) is 22.4. The topological polar surface area (TPSA) is 194 Å². The Morgan fingerprint density at radius 2 is 1.13 bits per heavy atom. The van der Waals surface area contributed by atoms with Crippen molar-refractivity contribution in [2.75, 3.05) is 20.3 Å². The normalized spacial score (nSPS) is 53.9. The number of aliphatic hydroxyl groups is 3. The summed E-state index contributed by atoms with van der Waals surface area (Å²) in [5.41, 5.74) is -4.63. The molecule has 14 heteroatoms. The van der Waals surface area contributed by atoms with Crippen molar-refractivity contribution in [1.29, 1.82) is 0 Å². The molecule has 6 aliphatic heterocycles. The maximum atomic E-state index is 14.0. The van der Waals surface area contributed by atoms with E-state index in [4.69, 9.17) is 33.2 Å². The van der Waals surface area contributed by atoms with Gasteiger partial charge in [-0.15, -0.1) is 0 Å². The van der Waals surface area contributed by atoms with Gasteiger partial charge in [0.15, 0.2) is 34.7 Å². The number of carbonyl (C=O) groups is 4. The third kappa shape index (κ3) is 4.00. The van der Waals surface area contributed by atoms with Crippen molar-refractivity contribution in [2.45, 2.75) is 135 Å². The monoisotopic (exact) mass is 860 g/mol. The number of aliphatic hydroxyl groups excluding tert-OH is 3. The molecule has 16 atom stereocenters. The Kier molecular flexibility index (Phi) is 7.82. The van der Waals surface area contributed by atoms with Crippen molar-refractivity contribution in [1.82, 2.24) is 0 Å². The fourth-order valence-electron chi connectivity index (χ4n) is 17.3. The lowest BCUT2D eigenvalue weighted by Crippen LogP contribution is -2.88. The van der Waals surface area contributed by atoms with Gasteiger partial charge >= 0.3 is 0 Å². The molecule has 14 rings (SSSR count). The van der Waals surface area contributed by atoms with Crippen molar-refractivity contribution < 1.29 is 67.7 Å². The lowest BCUT2D eigenvalue weighted by molar-refractivity contribution is -0.523. The second-order valence-electron chi connectivity index (χ2n) is 22.9. The van der Waals surface area contributed by atoms with Crippen LogP contribution in [0.25, 0.3) is 0 Å². The number of allylic oxidation sites excluding steroid dienone is 3. The van der Waals surface area contributed by atoms with E-state index < -0.39 is 104 Å². The molecule has 14 aliphatic rings. The smallest absolute Gasteiger partial charge is 0.213 e. The quantitative estimate of drug-likeness (QED) is 0.245. The number of ether oxygens (including phenoxy) is 7. The largest absolute Gasteiger partial charge is 0.515 e. The molecule has 13 fully saturated rings. The summed E-state index contributed by atoms with van der Waals surface area (Å²) in [5.74, 6) is -7.98. The second-order valence-corrected chi connectivity index (χ2v) is 22.9. The molecule has 8 bridgehead atoms. The minimum absolute atomic E-state index is 0.0496. The van der Waals surface area contributed by atoms with Gasteiger partial charge in [0.25, 0.3) is 0 Å². The van der Waals surface area contributed by atoms with Gasteiger partial charge < -0.3 is 48.5 Å². The van der Waals surface area contributed by atoms with Gasteiger partial charge in [-0.1, -0.05) is 40.9 Å². The molecule has 62 heavy (non-hydrogen) atoms. The van der Waals surface area contributed by atoms with Gasteiger partial charge in [-0.05, 0) is 99.7 Å². The van der Waals surface area contributed by atoms with E-state index in [2.05, 4.69) is 13.2 Å². The first-order chi connectivity index (χ1) is 28.8. The average molecular weight is 861 g/mol. The number of hydrogen-bond acceptors (Lipinski definition) is 14. The number of carbonyl (C=O) groups excluding carboxylic acids is 4. The van der Waals surface area contributed by atoms with Gasteiger partial charge in [-0.2, -0.15) is 0 Å². The van der Waals surface area contributed by atoms with E-state index in [0.717, 1.165) is 6.26 Å². The maximum Gasteiger partial charge on any atom is 0.213 e. The minimum atomic E-state index is -1.59. The Morgan fingerprint density at radius 3 is 1.58 bits per heavy atom. The van der Waals surface area contributed by atoms with Crippen molar-refractivity contribution in [3.05, 3.63) is 48.0 Å². The first kappa shape index (κ1) is 41.6. The standard InChI is InChI=1S/2C24H30O7/c1-11-12-7-8-14-22-10-29-24(23(14,16(11)25)19(12)30-21(4,5)31-24)18(27)15(22)20(2,3)9-13(28-6)17(22)26;1-11-13-6-7-14-22-10-29-24(23(14,16(11)26)19(13)30-21(4,5)31-24)18(28)15(22)20(2,3)8-12(9-25)17(22)27/h9,12,14-15,18-19,27H,1,7-8,10H2,2-6H3;9,13-15,18-19,25,28H,1,6-8,10H2,2-5H3/b;12-9-/t12-,14-,15+,18-,19+,22-,23-,24-;13-,14-,15+,18-,19+,22-,23-,24-/m00/s1. The summed E-state index contributed by atoms with van der Waals surface area (Å²) in [4.78, 5) is 55.8. The highest BCUT2D eigenvalue weighted by Crippen LogP contribution is 2.81. The Hall–Kier alpha value is -3.08. The fourth-order valence-corrected chi connectivity index (χ4v) is 17.3. The molecule has 6 saturated heterocycles. The number of fused-ring (bicyclic) bond motifs is 2. The van der Waals surface area contributed by atoms with Crippen LogP contribution in [0.4, 0.5) is 0 Å². The van der Waals surface area contributed by atoms with Crippen LogP contribution in [0.15, 0.2) is 48.0 Å². The average Bonchev–Trinajstić information content (AvgIpc) is 3.38. The molecule has 0 aromatic rings. The van der Waals surface area contributed by atoms with E-state index >= 15 is 0 Å². The second kappa shape index (κ2) is 11.6. The molecule has 0 unspecified atom stereocenters. The number of rotatable bonds is 1. The molecule has 6 heterocycles. The first-order valence-corrected chi connectivity index (χ1v) is 22.4. The van der Waals surface area contributed by atoms with Gasteiger partial charge in [0.1, 0.15) is 23.0 Å². The van der Waals surface area contributed by atoms with Crippen LogP contribution >= 0.6 is 0 Å². The lowest BCUT2D eigenvalue weighted by Gasteiger charge is -2.76. The number of Topliss-reactive ketones (excluding diaryl/α,β-unsaturated/α-hetero) is 4. The van der Waals surface area contributed by atoms with Gasteiger partial charge in [0.2, 0.25) is 17.4 Å². The number of hydrogen-bond donors (Lipinski definition) is 3. The highest BCUT2D eigenvalue weighted by Gasteiger charge is 2.92. The Labute approximate surface area is 361 Å². The van der Waals surface area contributed by atoms with Crippen LogP contribution in [0.2, 0.25) is 0 Å². The van der Waals surface area contributed by atoms with Gasteiger partial charge in [-0.25, -0.2) is 0 Å². The Morgan fingerprint density at radius 1 is 0.677 bits per heavy atom. The SMILES string of the molecule is C=C1C(=O)[C@@]23[C@@H]4OC(C)(C)O[C@]25OC[C@]2(C(=O)/C(=C\O)CC(C)(C)[C@H]2[C@@H]5O)[C@@H]3CC[C@@H]14.C=C1C(=O)[C@@]23[C@@H]4OC(C)(C)O[C@]25OC[C@]2(C(=O)C(OC)=CC(C)(C)[C@H]2[C@@H]5O)[C@@H]3CC[C@@H]14. The summed E-state index contributed by atoms with van der Waals surface area (Å²) in [6.07, 6.45) is 2.20. The molecule has 0 aromatic heterocycles. The molecular weight excluding hydrogens is 801 g/mol. The molecule has 0 amide bonds. The van der Waals surface area contributed by atoms with E-state index in [-0.39, 0.29) is 53.9 Å². The number of methoxy groups -OCH3 is 1. The van der Waals surface area contributed by atoms with Gasteiger partial charge in [0, 0.05) is 29.2 Å². The Bertz CT molecular complexity index is 2270. The lowest BCUT2D eigenvalue weighted by atomic mass is 9.35. The molecule has 336 valence electrons. The summed E-state index contributed by atoms with van der Waals surface area (Å²) in [6.45, 7) is 23.5. The summed E-state index contributed by atoms with van der Waals surface area (Å²) >= 11 is 0. The zero-order valence-corrected chi connectivity index (χ0v) is 37.1. The summed E-state index contributed by atoms with van der Waals surface area (Å²) in [5, 5.41) is 33.9. The van der Waals surface area contributed by atoms with Crippen LogP contribution in [-0.2, 0) is 52.3 Å². The molecule has 7 saturated carbocycles. The molecule has 8 aliphatic carbocycles. The van der Waals surface area contributed by atoms with Crippen LogP contribution in [0.5, 0.6) is 0 Å². The van der Waals surface area contributed by atoms with Gasteiger partial charge in [0.05, 0.1) is 49.6 Å². The number of ketones is 4. The van der Waals surface area contributed by atoms with Crippen LogP contribution in [0.1, 0.15) is 87.5 Å². The third-order valence-electron chi connectivity index (χ3n) is 18.6. The van der Waals surface area contributed by atoms with E-state index in [1.54, 1.807) is 27.7 Å². The summed E-state index contributed by atoms with van der Waals surface area (Å²) in [6, 6.07) is 0. The maximum absolute atomic E-state index is 14.0. The predicted octanol–water partition coefficient (Wildman–Crippen LogP) is 4.57. The van der Waals surface area contributed by atoms with Crippen molar-refractivity contribution in [3.63, 3.8) is 0 Å². The highest BCUT2D eigenvalue weighted by molar-refractivity contribution is 6.09. The van der Waals surface area contributed by atoms with E-state index in [1.165, 1.54) is 7.11 Å². The van der Waals surface area contributed by atoms with Crippen LogP contribution < -0.4 is 0 Å². The van der Waals surface area contributed by atoms with Crippen molar-refractivity contribution >= 4 is 23.1 Å². The third-order valence-corrected chi connectivity index (χ3v) is 18.6. The van der Waals surface area contributed by atoms with Crippen LogP contribution in [0, 0.1) is 68.0 Å². The molecule has 14 nitrogen and oxygen atoms in total. The van der Waals surface area contributed by atoms with E-state index in [9.17, 15) is 34.5 Å². The predicted molar refractivity (Wildman–Crippen MR) is 215 cm³/mol. The van der Waals surface area contributed by atoms with Crippen molar-refractivity contribution in [2.24, 2.45) is 68.0 Å². The molecular formula is C48H60O14. The van der Waals surface area contributed by atoms with Crippen molar-refractivity contribution in [3.8, 4) is 0 Å². The van der Waals surface area contributed by atoms with Crippen LogP contribution in [-0.4, -0.2) is 106 Å². The summed E-state index contributed by atoms with van der Waals surface area (Å²) in [7, 11) is 1.49. The Balaban J connectivity index is 0.000000139. The zero-order valence-electron chi connectivity index (χ0n) is 37.1. The molecule has 0 radical (unpaired) electrons. The molecule has 3 N–H and O–H groups in total.